The number of para-hydroxylation sites is 1. The Morgan fingerprint density at radius 1 is 0.946 bits per heavy atom. The number of anilines is 2. The number of carbonyl (C=O) groups is 1. The number of likely N-dealkylation sites (N-methyl/N-ethyl adjacent to an activating group) is 2. The highest BCUT2D eigenvalue weighted by molar-refractivity contribution is 5.97. The van der Waals surface area contributed by atoms with Crippen LogP contribution in [0.2, 0.25) is 0 Å². The summed E-state index contributed by atoms with van der Waals surface area (Å²) >= 11 is 0. The SMILES string of the molecule is CNC1CN(c2ccccc2CC2CCN(c3ccc(C4(O)CCCC4)cc3)C2=O)CC(NC)N1NC. The summed E-state index contributed by atoms with van der Waals surface area (Å²) in [6.07, 6.45) is 5.69. The molecule has 2 aromatic carbocycles. The quantitative estimate of drug-likeness (QED) is 0.438. The molecule has 1 amide bonds. The van der Waals surface area contributed by atoms with Gasteiger partial charge in [-0.3, -0.25) is 10.2 Å². The van der Waals surface area contributed by atoms with Gasteiger partial charge in [0.1, 0.15) is 0 Å². The van der Waals surface area contributed by atoms with E-state index in [4.69, 9.17) is 0 Å². The number of carbonyl (C=O) groups excluding carboxylic acids is 1. The van der Waals surface area contributed by atoms with Gasteiger partial charge in [0.05, 0.1) is 17.9 Å². The lowest BCUT2D eigenvalue weighted by Gasteiger charge is -2.47. The van der Waals surface area contributed by atoms with Crippen molar-refractivity contribution in [2.45, 2.75) is 56.5 Å². The van der Waals surface area contributed by atoms with Crippen molar-refractivity contribution < 1.29 is 9.90 Å². The molecule has 4 N–H and O–H groups in total. The smallest absolute Gasteiger partial charge is 0.230 e. The van der Waals surface area contributed by atoms with Crippen LogP contribution in [0.5, 0.6) is 0 Å². The molecule has 1 aliphatic carbocycles. The van der Waals surface area contributed by atoms with E-state index in [1.165, 1.54) is 11.3 Å². The van der Waals surface area contributed by atoms with Crippen molar-refractivity contribution in [3.05, 3.63) is 59.7 Å². The van der Waals surface area contributed by atoms with Gasteiger partial charge in [-0.25, -0.2) is 5.01 Å². The fraction of sp³-hybridized carbons (Fsp3) is 0.552. The van der Waals surface area contributed by atoms with Crippen LogP contribution in [0.3, 0.4) is 0 Å². The molecule has 2 saturated heterocycles. The molecule has 0 radical (unpaired) electrons. The van der Waals surface area contributed by atoms with Crippen molar-refractivity contribution in [1.82, 2.24) is 21.1 Å². The average molecular weight is 507 g/mol. The molecule has 8 nitrogen and oxygen atoms in total. The van der Waals surface area contributed by atoms with Gasteiger partial charge < -0.3 is 25.5 Å². The van der Waals surface area contributed by atoms with Gasteiger partial charge in [0.2, 0.25) is 5.91 Å². The second-order valence-electron chi connectivity index (χ2n) is 10.7. The lowest BCUT2D eigenvalue weighted by atomic mass is 9.92. The number of aliphatic hydroxyl groups is 1. The minimum atomic E-state index is -0.697. The van der Waals surface area contributed by atoms with Gasteiger partial charge in [-0.15, -0.1) is 0 Å². The molecule has 3 atom stereocenters. The van der Waals surface area contributed by atoms with Gasteiger partial charge in [0.15, 0.2) is 0 Å². The van der Waals surface area contributed by atoms with Crippen LogP contribution < -0.4 is 25.9 Å². The van der Waals surface area contributed by atoms with Gasteiger partial charge in [-0.05, 0) is 76.2 Å². The number of benzene rings is 2. The number of hydrogen-bond acceptors (Lipinski definition) is 7. The first kappa shape index (κ1) is 26.1. The molecule has 3 fully saturated rings. The summed E-state index contributed by atoms with van der Waals surface area (Å²) in [4.78, 5) is 17.9. The predicted molar refractivity (Wildman–Crippen MR) is 148 cm³/mol. The normalized spacial score (nSPS) is 26.3. The van der Waals surface area contributed by atoms with Crippen LogP contribution in [0.25, 0.3) is 0 Å². The van der Waals surface area contributed by atoms with Gasteiger partial charge in [0, 0.05) is 36.9 Å². The summed E-state index contributed by atoms with van der Waals surface area (Å²) in [5.74, 6) is 0.168. The molecule has 5 rings (SSSR count). The Kier molecular flexibility index (Phi) is 7.83. The standard InChI is InChI=1S/C29H42N6O2/c1-30-26-19-33(20-27(31-2)35(26)32-3)25-9-5-4-8-21(25)18-22-14-17-34(28(22)36)24-12-10-23(11-13-24)29(37)15-6-7-16-29/h4-5,8-13,22,26-27,30-32,37H,6-7,14-20H2,1-3H3. The third kappa shape index (κ3) is 5.13. The highest BCUT2D eigenvalue weighted by atomic mass is 16.3. The number of piperazine rings is 1. The molecule has 3 unspecified atom stereocenters. The first-order chi connectivity index (χ1) is 18.0. The maximum Gasteiger partial charge on any atom is 0.230 e. The third-order valence-corrected chi connectivity index (χ3v) is 8.64. The lowest BCUT2D eigenvalue weighted by molar-refractivity contribution is -0.120. The highest BCUT2D eigenvalue weighted by Gasteiger charge is 2.37. The van der Waals surface area contributed by atoms with E-state index >= 15 is 0 Å². The average Bonchev–Trinajstić information content (AvgIpc) is 3.54. The molecule has 0 spiro atoms. The summed E-state index contributed by atoms with van der Waals surface area (Å²) in [6.45, 7) is 2.42. The zero-order valence-electron chi connectivity index (χ0n) is 22.4. The Hall–Kier alpha value is -2.49. The van der Waals surface area contributed by atoms with E-state index in [2.05, 4.69) is 50.2 Å². The van der Waals surface area contributed by atoms with Crippen LogP contribution in [0.15, 0.2) is 48.5 Å². The summed E-state index contributed by atoms with van der Waals surface area (Å²) < 4.78 is 0. The second kappa shape index (κ2) is 11.1. The monoisotopic (exact) mass is 506 g/mol. The van der Waals surface area contributed by atoms with Crippen molar-refractivity contribution in [2.75, 3.05) is 50.6 Å². The zero-order valence-corrected chi connectivity index (χ0v) is 22.4. The first-order valence-electron chi connectivity index (χ1n) is 13.7. The van der Waals surface area contributed by atoms with E-state index in [0.29, 0.717) is 0 Å². The molecule has 200 valence electrons. The van der Waals surface area contributed by atoms with Crippen LogP contribution in [0.4, 0.5) is 11.4 Å². The Bertz CT molecular complexity index is 1060. The fourth-order valence-corrected chi connectivity index (χ4v) is 6.50. The molecule has 0 bridgehead atoms. The molecule has 3 aliphatic rings. The van der Waals surface area contributed by atoms with E-state index < -0.39 is 5.60 Å². The van der Waals surface area contributed by atoms with Crippen molar-refractivity contribution >= 4 is 17.3 Å². The van der Waals surface area contributed by atoms with Crippen LogP contribution in [-0.4, -0.2) is 69.1 Å². The first-order valence-corrected chi connectivity index (χ1v) is 13.7. The largest absolute Gasteiger partial charge is 0.385 e. The molecule has 2 aromatic rings. The lowest BCUT2D eigenvalue weighted by Crippen LogP contribution is -2.69. The number of amides is 1. The van der Waals surface area contributed by atoms with Crippen LogP contribution in [0, 0.1) is 5.92 Å². The molecule has 37 heavy (non-hydrogen) atoms. The van der Waals surface area contributed by atoms with Crippen LogP contribution in [-0.2, 0) is 16.8 Å². The molecular formula is C29H42N6O2. The van der Waals surface area contributed by atoms with E-state index in [1.54, 1.807) is 0 Å². The van der Waals surface area contributed by atoms with E-state index in [1.807, 2.05) is 50.3 Å². The predicted octanol–water partition coefficient (Wildman–Crippen LogP) is 2.39. The van der Waals surface area contributed by atoms with E-state index in [9.17, 15) is 9.90 Å². The zero-order chi connectivity index (χ0) is 26.0. The molecule has 2 heterocycles. The van der Waals surface area contributed by atoms with Crippen molar-refractivity contribution in [3.8, 4) is 0 Å². The highest BCUT2D eigenvalue weighted by Crippen LogP contribution is 2.39. The van der Waals surface area contributed by atoms with Crippen LogP contribution >= 0.6 is 0 Å². The van der Waals surface area contributed by atoms with Gasteiger partial charge in [-0.1, -0.05) is 43.2 Å². The summed E-state index contributed by atoms with van der Waals surface area (Å²) in [6, 6.07) is 16.6. The maximum atomic E-state index is 13.5. The van der Waals surface area contributed by atoms with E-state index in [0.717, 1.165) is 69.4 Å². The number of nitrogens with zero attached hydrogens (tertiary/aromatic N) is 3. The summed E-state index contributed by atoms with van der Waals surface area (Å²) in [7, 11) is 5.94. The van der Waals surface area contributed by atoms with Gasteiger partial charge >= 0.3 is 0 Å². The van der Waals surface area contributed by atoms with E-state index in [-0.39, 0.29) is 24.2 Å². The fourth-order valence-electron chi connectivity index (χ4n) is 6.50. The van der Waals surface area contributed by atoms with Gasteiger partial charge in [-0.2, -0.15) is 0 Å². The molecule has 1 saturated carbocycles. The Balaban J connectivity index is 1.29. The van der Waals surface area contributed by atoms with Crippen LogP contribution in [0.1, 0.15) is 43.2 Å². The molecule has 2 aliphatic heterocycles. The minimum absolute atomic E-state index is 0.0290. The number of rotatable bonds is 8. The summed E-state index contributed by atoms with van der Waals surface area (Å²) in [5.41, 5.74) is 6.96. The molecule has 0 aromatic heterocycles. The minimum Gasteiger partial charge on any atom is -0.385 e. The van der Waals surface area contributed by atoms with Crippen molar-refractivity contribution in [2.24, 2.45) is 5.92 Å². The maximum absolute atomic E-state index is 13.5. The Morgan fingerprint density at radius 3 is 2.22 bits per heavy atom. The third-order valence-electron chi connectivity index (χ3n) is 8.64. The molecular weight excluding hydrogens is 464 g/mol. The van der Waals surface area contributed by atoms with Crippen molar-refractivity contribution in [3.63, 3.8) is 0 Å². The Morgan fingerprint density at radius 2 is 1.59 bits per heavy atom. The number of hydrazine groups is 1. The molecule has 8 heteroatoms. The Labute approximate surface area is 221 Å². The van der Waals surface area contributed by atoms with Crippen molar-refractivity contribution in [1.29, 1.82) is 0 Å². The van der Waals surface area contributed by atoms with Gasteiger partial charge in [0.25, 0.3) is 0 Å². The summed E-state index contributed by atoms with van der Waals surface area (Å²) in [5, 5.41) is 20.0. The number of hydrogen-bond donors (Lipinski definition) is 4. The second-order valence-corrected chi connectivity index (χ2v) is 10.7. The topological polar surface area (TPSA) is 83.1 Å². The number of nitrogens with one attached hydrogen (secondary N) is 3.